The van der Waals surface area contributed by atoms with Crippen molar-refractivity contribution in [2.75, 3.05) is 0 Å². The molecule has 0 aromatic heterocycles. The molecule has 0 heterocycles. The summed E-state index contributed by atoms with van der Waals surface area (Å²) in [5.74, 6) is 0. The van der Waals surface area contributed by atoms with Crippen molar-refractivity contribution < 1.29 is 31.1 Å². The Morgan fingerprint density at radius 1 is 0.500 bits per heavy atom. The minimum atomic E-state index is 0. The van der Waals surface area contributed by atoms with Crippen LogP contribution in [-0.2, 0) is 0 Å². The molecule has 0 aliphatic heterocycles. The van der Waals surface area contributed by atoms with Crippen LogP contribution in [0, 0.1) is 31.1 Å². The van der Waals surface area contributed by atoms with Crippen LogP contribution in [0.4, 0.5) is 0 Å². The van der Waals surface area contributed by atoms with E-state index >= 15 is 0 Å². The zero-order valence-electron chi connectivity index (χ0n) is 1.72. The normalized spacial score (nSPS) is 0. The second kappa shape index (κ2) is 17.5. The van der Waals surface area contributed by atoms with Crippen molar-refractivity contribution in [3.05, 3.63) is 0 Å². The third-order valence-corrected chi connectivity index (χ3v) is 0. The van der Waals surface area contributed by atoms with Gasteiger partial charge in [-0.2, -0.15) is 0 Å². The van der Waals surface area contributed by atoms with Crippen LogP contribution >= 0.6 is 0 Å². The fraction of sp³-hybridized carbons (Fsp3) is 0. The molecule has 0 N–H and O–H groups in total. The Balaban J connectivity index is 0. The van der Waals surface area contributed by atoms with E-state index < -0.39 is 0 Å². The Morgan fingerprint density at radius 2 is 0.500 bits per heavy atom. The fourth-order valence-corrected chi connectivity index (χ4v) is 0. The molecule has 0 radical (unpaired) electrons. The first-order valence-electron chi connectivity index (χ1n) is 0. The molecule has 0 aromatic carbocycles. The molecule has 0 saturated heterocycles. The first kappa shape index (κ1) is 30.5. The van der Waals surface area contributed by atoms with E-state index in [1.165, 1.54) is 0 Å². The van der Waals surface area contributed by atoms with E-state index in [0.29, 0.717) is 0 Å². The minimum absolute atomic E-state index is 0. The summed E-state index contributed by atoms with van der Waals surface area (Å²) in [4.78, 5) is 0. The van der Waals surface area contributed by atoms with Crippen molar-refractivity contribution in [1.82, 2.24) is 0 Å². The summed E-state index contributed by atoms with van der Waals surface area (Å²) in [5, 5.41) is 0. The molecular weight excluding hydrogens is 475 g/mol. The second-order valence-corrected chi connectivity index (χ2v) is 0. The van der Waals surface area contributed by atoms with E-state index in [-0.39, 0.29) is 82.3 Å². The van der Waals surface area contributed by atoms with Crippen LogP contribution in [0.25, 0.3) is 0 Å². The van der Waals surface area contributed by atoms with Gasteiger partial charge in [0.1, 0.15) is 0 Å². The van der Waals surface area contributed by atoms with Gasteiger partial charge in [-0.05, 0) is 0 Å². The summed E-state index contributed by atoms with van der Waals surface area (Å²) < 4.78 is 0. The Morgan fingerprint density at radius 3 is 0.500 bits per heavy atom. The molecule has 0 rings (SSSR count). The summed E-state index contributed by atoms with van der Waals surface area (Å²) in [6.07, 6.45) is 0. The van der Waals surface area contributed by atoms with Crippen molar-refractivity contribution in [2.45, 2.75) is 0 Å². The van der Waals surface area contributed by atoms with E-state index in [9.17, 15) is 0 Å². The average Bonchev–Trinajstić information content (AvgIpc) is 0. The predicted molar refractivity (Wildman–Crippen MR) is 17.3 cm³/mol. The Labute approximate surface area is 81.0 Å². The van der Waals surface area contributed by atoms with Gasteiger partial charge in [-0.3, -0.25) is 0 Å². The topological polar surface area (TPSA) is 0 Å². The minimum Gasteiger partial charge on any atom is -2.00 e. The van der Waals surface area contributed by atoms with Gasteiger partial charge in [0, 0.05) is 31.1 Å². The molecule has 0 nitrogen and oxygen atoms in total. The van der Waals surface area contributed by atoms with Gasteiger partial charge in [0.2, 0.25) is 0 Å². The van der Waals surface area contributed by atoms with Gasteiger partial charge in [0.25, 0.3) is 0 Å². The quantitative estimate of drug-likeness (QED) is 0.389. The standard InChI is InChI=1S/3Se.U/q3*-2;. The average molecular weight is 475 g/mol. The molecule has 28 valence electrons. The number of hydrogen-bond donors (Lipinski definition) is 0. The van der Waals surface area contributed by atoms with Crippen molar-refractivity contribution >= 4 is 51.2 Å². The summed E-state index contributed by atoms with van der Waals surface area (Å²) in [6, 6.07) is 0. The molecule has 4 heteroatoms. The van der Waals surface area contributed by atoms with Crippen molar-refractivity contribution in [3.8, 4) is 0 Å². The Hall–Kier alpha value is 2.61. The van der Waals surface area contributed by atoms with Crippen LogP contribution in [0.1, 0.15) is 0 Å². The first-order chi connectivity index (χ1) is 0. The fourth-order valence-electron chi connectivity index (χ4n) is 0. The summed E-state index contributed by atoms with van der Waals surface area (Å²) >= 11 is 0. The van der Waals surface area contributed by atoms with Gasteiger partial charge >= 0.3 is 0 Å². The molecule has 0 amide bonds. The summed E-state index contributed by atoms with van der Waals surface area (Å²) in [6.45, 7) is 0. The van der Waals surface area contributed by atoms with Crippen molar-refractivity contribution in [1.29, 1.82) is 0 Å². The van der Waals surface area contributed by atoms with Crippen LogP contribution in [0.15, 0.2) is 0 Å². The maximum Gasteiger partial charge on any atom is 0 e. The molecule has 0 saturated carbocycles. The molecule has 0 bridgehead atoms. The maximum absolute atomic E-state index is 0. The molecule has 0 unspecified atom stereocenters. The first-order valence-corrected chi connectivity index (χ1v) is 0. The van der Waals surface area contributed by atoms with Crippen molar-refractivity contribution in [2.24, 2.45) is 0 Å². The smallest absolute Gasteiger partial charge is 0 e. The zero-order chi connectivity index (χ0) is 0. The number of rotatable bonds is 0. The maximum atomic E-state index is 0. The molecule has 0 aliphatic carbocycles. The van der Waals surface area contributed by atoms with Crippen LogP contribution in [0.3, 0.4) is 0 Å². The van der Waals surface area contributed by atoms with E-state index in [2.05, 4.69) is 0 Å². The van der Waals surface area contributed by atoms with E-state index in [1.807, 2.05) is 0 Å². The van der Waals surface area contributed by atoms with Crippen LogP contribution < -0.4 is 0 Å². The van der Waals surface area contributed by atoms with Gasteiger partial charge in [-0.1, -0.05) is 0 Å². The second-order valence-electron chi connectivity index (χ2n) is 0. The van der Waals surface area contributed by atoms with Gasteiger partial charge in [0.05, 0.1) is 0 Å². The molecule has 0 aliphatic rings. The third-order valence-electron chi connectivity index (χ3n) is 0. The molecule has 0 fully saturated rings. The van der Waals surface area contributed by atoms with E-state index in [4.69, 9.17) is 0 Å². The molecule has 0 aromatic rings. The SMILES string of the molecule is [Se-2].[Se-2].[Se-2].[U]. The predicted octanol–water partition coefficient (Wildman–Crippen LogP) is -1.14. The van der Waals surface area contributed by atoms with Crippen molar-refractivity contribution in [3.63, 3.8) is 0 Å². The third kappa shape index (κ3) is 8.82. The summed E-state index contributed by atoms with van der Waals surface area (Å²) in [7, 11) is 0. The Bertz CT molecular complexity index is 3.25. The van der Waals surface area contributed by atoms with E-state index in [0.717, 1.165) is 0 Å². The van der Waals surface area contributed by atoms with Gasteiger partial charge in [-0.25, -0.2) is 0 Å². The molecular formula is Se3U-6. The molecule has 4 heavy (non-hydrogen) atoms. The monoisotopic (exact) mass is 478 g/mol. The van der Waals surface area contributed by atoms with E-state index in [1.54, 1.807) is 0 Å². The molecule has 0 spiro atoms. The van der Waals surface area contributed by atoms with Gasteiger partial charge in [-0.15, -0.1) is 0 Å². The van der Waals surface area contributed by atoms with Crippen LogP contribution in [0.5, 0.6) is 0 Å². The molecule has 0 atom stereocenters. The van der Waals surface area contributed by atoms with Gasteiger partial charge < -0.3 is 51.2 Å². The van der Waals surface area contributed by atoms with Gasteiger partial charge in [0.15, 0.2) is 0 Å². The Kier molecular flexibility index (Phi) is 134. The van der Waals surface area contributed by atoms with Crippen LogP contribution in [0.2, 0.25) is 0 Å². The largest absolute Gasteiger partial charge is 2.00 e. The number of hydrogen-bond acceptors (Lipinski definition) is 0. The van der Waals surface area contributed by atoms with Crippen LogP contribution in [-0.4, -0.2) is 51.2 Å². The zero-order valence-corrected chi connectivity index (χ0v) is 11.0. The summed E-state index contributed by atoms with van der Waals surface area (Å²) in [5.41, 5.74) is 0.